The molecule has 1 aliphatic heterocycles. The second-order valence-corrected chi connectivity index (χ2v) is 11.0. The smallest absolute Gasteiger partial charge is 0.326 e. The highest BCUT2D eigenvalue weighted by molar-refractivity contribution is 5.97. The number of amides is 5. The molecule has 13 N–H and O–H groups in total. The van der Waals surface area contributed by atoms with Crippen molar-refractivity contribution in [3.05, 3.63) is 0 Å². The van der Waals surface area contributed by atoms with E-state index in [4.69, 9.17) is 22.9 Å². The van der Waals surface area contributed by atoms with Crippen LogP contribution in [0.25, 0.3) is 0 Å². The number of nitrogens with one attached hydrogen (secondary N) is 3. The third-order valence-electron chi connectivity index (χ3n) is 6.77. The molecule has 0 saturated carbocycles. The Morgan fingerprint density at radius 3 is 2.09 bits per heavy atom. The van der Waals surface area contributed by atoms with Crippen molar-refractivity contribution in [2.45, 2.75) is 95.4 Å². The molecule has 1 heterocycles. The minimum absolute atomic E-state index is 0.0252. The topological polar surface area (TPSA) is 316 Å². The normalized spacial score (nSPS) is 17.1. The first-order valence-corrected chi connectivity index (χ1v) is 14.3. The zero-order chi connectivity index (χ0) is 33.6. The van der Waals surface area contributed by atoms with Crippen LogP contribution < -0.4 is 38.9 Å². The Bertz CT molecular complexity index is 1090. The number of hydrogen-bond donors (Lipinski definition) is 9. The van der Waals surface area contributed by atoms with Gasteiger partial charge in [-0.3, -0.25) is 33.8 Å². The lowest BCUT2D eigenvalue weighted by Gasteiger charge is -2.30. The van der Waals surface area contributed by atoms with E-state index >= 15 is 0 Å². The van der Waals surface area contributed by atoms with E-state index in [9.17, 15) is 43.8 Å². The third kappa shape index (κ3) is 13.2. The van der Waals surface area contributed by atoms with Crippen LogP contribution >= 0.6 is 0 Å². The Labute approximate surface area is 254 Å². The highest BCUT2D eigenvalue weighted by atomic mass is 16.4. The van der Waals surface area contributed by atoms with Gasteiger partial charge < -0.3 is 54.0 Å². The molecule has 0 aromatic heterocycles. The van der Waals surface area contributed by atoms with E-state index in [1.807, 2.05) is 13.8 Å². The van der Waals surface area contributed by atoms with Crippen molar-refractivity contribution in [1.82, 2.24) is 20.9 Å². The Balaban J connectivity index is 3.13. The molecule has 0 aromatic carbocycles. The fraction of sp³-hybridized carbons (Fsp3) is 0.692. The van der Waals surface area contributed by atoms with Crippen molar-refractivity contribution in [2.75, 3.05) is 13.1 Å². The van der Waals surface area contributed by atoms with Gasteiger partial charge in [0.15, 0.2) is 5.96 Å². The predicted molar refractivity (Wildman–Crippen MR) is 156 cm³/mol. The summed E-state index contributed by atoms with van der Waals surface area (Å²) in [5.41, 5.74) is 21.6. The number of primary amides is 1. The standard InChI is InChI=1S/C26H45N9O9/c1-13(2)11-14(27)21(39)34-17(12-20(37)38)24(42)35-10-4-6-18(35)23(41)32-15(5-3-9-31-26(29)30)22(40)33-16(25(43)44)7-8-19(28)36/h13-18H,3-12,27H2,1-2H3,(H2,28,36)(H,32,41)(H,33,40)(H,34,39)(H,37,38)(H,43,44)(H4,29,30,31)/t14-,15-,16-,17-,18-/m0/s1. The van der Waals surface area contributed by atoms with E-state index in [1.165, 1.54) is 0 Å². The minimum Gasteiger partial charge on any atom is -0.481 e. The van der Waals surface area contributed by atoms with E-state index in [0.717, 1.165) is 4.90 Å². The molecule has 18 nitrogen and oxygen atoms in total. The second kappa shape index (κ2) is 18.2. The Hall–Kier alpha value is -4.48. The Morgan fingerprint density at radius 2 is 1.55 bits per heavy atom. The molecule has 5 amide bonds. The van der Waals surface area contributed by atoms with Crippen molar-refractivity contribution in [2.24, 2.45) is 33.8 Å². The molecular weight excluding hydrogens is 582 g/mol. The van der Waals surface area contributed by atoms with Crippen molar-refractivity contribution in [3.8, 4) is 0 Å². The van der Waals surface area contributed by atoms with Crippen LogP contribution in [-0.4, -0.2) is 106 Å². The molecule has 0 bridgehead atoms. The molecule has 248 valence electrons. The SMILES string of the molecule is CC(C)C[C@H](N)C(=O)N[C@@H](CC(=O)O)C(=O)N1CCC[C@H]1C(=O)N[C@@H](CCCN=C(N)N)C(=O)N[C@@H](CCC(N)=O)C(=O)O. The maximum atomic E-state index is 13.4. The Kier molecular flexibility index (Phi) is 15.6. The van der Waals surface area contributed by atoms with E-state index in [2.05, 4.69) is 20.9 Å². The van der Waals surface area contributed by atoms with Gasteiger partial charge in [0, 0.05) is 19.5 Å². The van der Waals surface area contributed by atoms with Crippen molar-refractivity contribution >= 4 is 47.4 Å². The highest BCUT2D eigenvalue weighted by Crippen LogP contribution is 2.20. The first-order chi connectivity index (χ1) is 20.5. The maximum absolute atomic E-state index is 13.4. The molecule has 0 radical (unpaired) electrons. The van der Waals surface area contributed by atoms with Gasteiger partial charge in [-0.25, -0.2) is 4.79 Å². The van der Waals surface area contributed by atoms with E-state index in [0.29, 0.717) is 12.8 Å². The Morgan fingerprint density at radius 1 is 0.909 bits per heavy atom. The summed E-state index contributed by atoms with van der Waals surface area (Å²) in [6.45, 7) is 3.86. The van der Waals surface area contributed by atoms with Gasteiger partial charge in [-0.2, -0.15) is 0 Å². The van der Waals surface area contributed by atoms with Crippen LogP contribution in [-0.2, 0) is 33.6 Å². The van der Waals surface area contributed by atoms with Crippen LogP contribution in [0.4, 0.5) is 0 Å². The largest absolute Gasteiger partial charge is 0.481 e. The molecule has 5 atom stereocenters. The molecule has 0 aromatic rings. The average molecular weight is 628 g/mol. The summed E-state index contributed by atoms with van der Waals surface area (Å²) >= 11 is 0. The van der Waals surface area contributed by atoms with Crippen LogP contribution in [0.5, 0.6) is 0 Å². The van der Waals surface area contributed by atoms with Crippen LogP contribution in [0.3, 0.4) is 0 Å². The van der Waals surface area contributed by atoms with Gasteiger partial charge >= 0.3 is 11.9 Å². The fourth-order valence-corrected chi connectivity index (χ4v) is 4.63. The number of carbonyl (C=O) groups excluding carboxylic acids is 5. The van der Waals surface area contributed by atoms with Gasteiger partial charge in [0.25, 0.3) is 0 Å². The van der Waals surface area contributed by atoms with Gasteiger partial charge in [-0.05, 0) is 44.4 Å². The molecule has 1 saturated heterocycles. The second-order valence-electron chi connectivity index (χ2n) is 11.0. The lowest BCUT2D eigenvalue weighted by atomic mass is 10.0. The van der Waals surface area contributed by atoms with Crippen LogP contribution in [0.1, 0.15) is 65.2 Å². The number of hydrogen-bond acceptors (Lipinski definition) is 9. The summed E-state index contributed by atoms with van der Waals surface area (Å²) in [6.07, 6.45) is -0.318. The number of nitrogens with two attached hydrogens (primary N) is 4. The number of nitrogens with zero attached hydrogens (tertiary/aromatic N) is 2. The van der Waals surface area contributed by atoms with Gasteiger partial charge in [0.2, 0.25) is 29.5 Å². The monoisotopic (exact) mass is 627 g/mol. The molecule has 0 aliphatic carbocycles. The predicted octanol–water partition coefficient (Wildman–Crippen LogP) is -3.32. The van der Waals surface area contributed by atoms with E-state index in [1.54, 1.807) is 0 Å². The first-order valence-electron chi connectivity index (χ1n) is 14.3. The quantitative estimate of drug-likeness (QED) is 0.0386. The number of carboxylic acids is 2. The molecule has 0 spiro atoms. The van der Waals surface area contributed by atoms with Crippen LogP contribution in [0, 0.1) is 5.92 Å². The van der Waals surface area contributed by atoms with Gasteiger partial charge in [-0.1, -0.05) is 13.8 Å². The summed E-state index contributed by atoms with van der Waals surface area (Å²) in [6, 6.07) is -6.34. The van der Waals surface area contributed by atoms with Crippen molar-refractivity contribution < 1.29 is 43.8 Å². The van der Waals surface area contributed by atoms with Crippen LogP contribution in [0.15, 0.2) is 4.99 Å². The molecule has 1 fully saturated rings. The number of aliphatic imine (C=N–C) groups is 1. The fourth-order valence-electron chi connectivity index (χ4n) is 4.63. The summed E-state index contributed by atoms with van der Waals surface area (Å²) in [7, 11) is 0. The van der Waals surface area contributed by atoms with Gasteiger partial charge in [-0.15, -0.1) is 0 Å². The van der Waals surface area contributed by atoms with Crippen molar-refractivity contribution in [3.63, 3.8) is 0 Å². The number of carbonyl (C=O) groups is 7. The molecule has 0 unspecified atom stereocenters. The average Bonchev–Trinajstić information content (AvgIpc) is 3.40. The molecule has 1 aliphatic rings. The van der Waals surface area contributed by atoms with E-state index < -0.39 is 78.1 Å². The number of aliphatic carboxylic acids is 2. The van der Waals surface area contributed by atoms with Gasteiger partial charge in [0.1, 0.15) is 24.2 Å². The number of rotatable bonds is 19. The number of guanidine groups is 1. The van der Waals surface area contributed by atoms with Gasteiger partial charge in [0.05, 0.1) is 12.5 Å². The summed E-state index contributed by atoms with van der Waals surface area (Å²) < 4.78 is 0. The summed E-state index contributed by atoms with van der Waals surface area (Å²) in [4.78, 5) is 91.7. The lowest BCUT2D eigenvalue weighted by Crippen LogP contribution is -2.58. The zero-order valence-electron chi connectivity index (χ0n) is 25.0. The zero-order valence-corrected chi connectivity index (χ0v) is 25.0. The summed E-state index contributed by atoms with van der Waals surface area (Å²) in [5, 5.41) is 26.1. The molecule has 1 rings (SSSR count). The van der Waals surface area contributed by atoms with Crippen molar-refractivity contribution in [1.29, 1.82) is 0 Å². The molecule has 44 heavy (non-hydrogen) atoms. The number of likely N-dealkylation sites (tertiary alicyclic amines) is 1. The lowest BCUT2D eigenvalue weighted by molar-refractivity contribution is -0.146. The molecular formula is C26H45N9O9. The highest BCUT2D eigenvalue weighted by Gasteiger charge is 2.40. The minimum atomic E-state index is -1.49. The first kappa shape index (κ1) is 37.5. The maximum Gasteiger partial charge on any atom is 0.326 e. The van der Waals surface area contributed by atoms with E-state index in [-0.39, 0.29) is 57.1 Å². The van der Waals surface area contributed by atoms with Crippen LogP contribution in [0.2, 0.25) is 0 Å². The third-order valence-corrected chi connectivity index (χ3v) is 6.77. The molecule has 18 heteroatoms. The number of carboxylic acid groups (broad SMARTS) is 2. The summed E-state index contributed by atoms with van der Waals surface area (Å²) in [5.74, 6) is -6.81.